The van der Waals surface area contributed by atoms with Crippen LogP contribution >= 0.6 is 15.9 Å². The van der Waals surface area contributed by atoms with Gasteiger partial charge < -0.3 is 9.73 Å². The van der Waals surface area contributed by atoms with Gasteiger partial charge >= 0.3 is 0 Å². The molecule has 2 aromatic rings. The van der Waals surface area contributed by atoms with Gasteiger partial charge in [-0.15, -0.1) is 0 Å². The topological polar surface area (TPSA) is 25.2 Å². The predicted molar refractivity (Wildman–Crippen MR) is 80.2 cm³/mol. The van der Waals surface area contributed by atoms with Gasteiger partial charge in [-0.3, -0.25) is 0 Å². The van der Waals surface area contributed by atoms with Crippen molar-refractivity contribution in [1.29, 1.82) is 0 Å². The van der Waals surface area contributed by atoms with Gasteiger partial charge in [0, 0.05) is 15.4 Å². The van der Waals surface area contributed by atoms with Crippen LogP contribution in [0.15, 0.2) is 15.0 Å². The average molecular weight is 310 g/mol. The Morgan fingerprint density at radius 1 is 1.28 bits per heavy atom. The van der Waals surface area contributed by atoms with Crippen molar-refractivity contribution in [3.8, 4) is 0 Å². The van der Waals surface area contributed by atoms with Crippen molar-refractivity contribution in [3.63, 3.8) is 0 Å². The minimum Gasteiger partial charge on any atom is -0.459 e. The third kappa shape index (κ3) is 2.10. The van der Waals surface area contributed by atoms with Crippen molar-refractivity contribution in [2.75, 3.05) is 6.54 Å². The Bertz CT molecular complexity index is 586. The summed E-state index contributed by atoms with van der Waals surface area (Å²) >= 11 is 3.65. The molecule has 0 amide bonds. The molecule has 1 heterocycles. The summed E-state index contributed by atoms with van der Waals surface area (Å²) in [5.74, 6) is 1.05. The summed E-state index contributed by atoms with van der Waals surface area (Å²) in [6.07, 6.45) is 0. The standard InChI is InChI=1S/C15H20BrNO/c1-6-17-11(5)15-10(4)13-9(3)14(16)8(2)7-12(13)18-15/h7,11,17H,6H2,1-5H3. The molecule has 0 bridgehead atoms. The first-order valence-electron chi connectivity index (χ1n) is 6.39. The van der Waals surface area contributed by atoms with Crippen LogP contribution in [0.1, 0.15) is 42.3 Å². The number of aryl methyl sites for hydroxylation is 3. The summed E-state index contributed by atoms with van der Waals surface area (Å²) < 4.78 is 7.23. The lowest BCUT2D eigenvalue weighted by Crippen LogP contribution is -2.17. The second kappa shape index (κ2) is 5.06. The van der Waals surface area contributed by atoms with E-state index in [1.807, 2.05) is 0 Å². The molecular formula is C15H20BrNO. The molecule has 0 radical (unpaired) electrons. The van der Waals surface area contributed by atoms with E-state index in [1.165, 1.54) is 26.5 Å². The molecule has 1 N–H and O–H groups in total. The number of fused-ring (bicyclic) bond motifs is 1. The molecule has 0 spiro atoms. The summed E-state index contributed by atoms with van der Waals surface area (Å²) in [5, 5.41) is 4.65. The number of hydrogen-bond donors (Lipinski definition) is 1. The van der Waals surface area contributed by atoms with Crippen LogP contribution in [0, 0.1) is 20.8 Å². The summed E-state index contributed by atoms with van der Waals surface area (Å²) in [7, 11) is 0. The van der Waals surface area contributed by atoms with E-state index >= 15 is 0 Å². The van der Waals surface area contributed by atoms with Gasteiger partial charge in [0.1, 0.15) is 11.3 Å². The molecule has 1 unspecified atom stereocenters. The number of furan rings is 1. The fourth-order valence-corrected chi connectivity index (χ4v) is 2.91. The zero-order valence-electron chi connectivity index (χ0n) is 11.6. The van der Waals surface area contributed by atoms with E-state index < -0.39 is 0 Å². The minimum atomic E-state index is 0.251. The molecular weight excluding hydrogens is 290 g/mol. The van der Waals surface area contributed by atoms with Crippen LogP contribution < -0.4 is 5.32 Å². The van der Waals surface area contributed by atoms with Crippen molar-refractivity contribution >= 4 is 26.9 Å². The van der Waals surface area contributed by atoms with Gasteiger partial charge in [-0.05, 0) is 51.4 Å². The van der Waals surface area contributed by atoms with E-state index in [-0.39, 0.29) is 6.04 Å². The smallest absolute Gasteiger partial charge is 0.135 e. The maximum absolute atomic E-state index is 6.05. The van der Waals surface area contributed by atoms with E-state index in [0.29, 0.717) is 0 Å². The average Bonchev–Trinajstić information content (AvgIpc) is 2.64. The van der Waals surface area contributed by atoms with E-state index in [0.717, 1.165) is 17.9 Å². The SMILES string of the molecule is CCNC(C)c1oc2cc(C)c(Br)c(C)c2c1C. The molecule has 18 heavy (non-hydrogen) atoms. The van der Waals surface area contributed by atoms with E-state index in [1.54, 1.807) is 0 Å². The summed E-state index contributed by atoms with van der Waals surface area (Å²) in [6, 6.07) is 2.36. The fraction of sp³-hybridized carbons (Fsp3) is 0.467. The number of benzene rings is 1. The Balaban J connectivity index is 2.67. The first-order chi connectivity index (χ1) is 8.47. The molecule has 0 saturated heterocycles. The number of nitrogens with one attached hydrogen (secondary N) is 1. The lowest BCUT2D eigenvalue weighted by atomic mass is 10.0. The van der Waals surface area contributed by atoms with Crippen molar-refractivity contribution < 1.29 is 4.42 Å². The Labute approximate surface area is 117 Å². The molecule has 98 valence electrons. The predicted octanol–water partition coefficient (Wildman–Crippen LogP) is 4.79. The first-order valence-corrected chi connectivity index (χ1v) is 7.18. The number of rotatable bonds is 3. The third-order valence-corrected chi connectivity index (χ3v) is 4.73. The van der Waals surface area contributed by atoms with Crippen molar-refractivity contribution in [3.05, 3.63) is 33.0 Å². The maximum atomic E-state index is 6.05. The minimum absolute atomic E-state index is 0.251. The highest BCUT2D eigenvalue weighted by atomic mass is 79.9. The summed E-state index contributed by atoms with van der Waals surface area (Å²) in [5.41, 5.74) is 4.72. The van der Waals surface area contributed by atoms with Gasteiger partial charge in [-0.1, -0.05) is 22.9 Å². The monoisotopic (exact) mass is 309 g/mol. The van der Waals surface area contributed by atoms with Crippen LogP contribution in [0.2, 0.25) is 0 Å². The zero-order chi connectivity index (χ0) is 13.4. The van der Waals surface area contributed by atoms with Gasteiger partial charge in [-0.2, -0.15) is 0 Å². The maximum Gasteiger partial charge on any atom is 0.135 e. The largest absolute Gasteiger partial charge is 0.459 e. The van der Waals surface area contributed by atoms with Crippen molar-refractivity contribution in [1.82, 2.24) is 5.32 Å². The Kier molecular flexibility index (Phi) is 3.83. The Morgan fingerprint density at radius 3 is 2.56 bits per heavy atom. The van der Waals surface area contributed by atoms with Crippen LogP contribution in [-0.4, -0.2) is 6.54 Å². The fourth-order valence-electron chi connectivity index (χ4n) is 2.60. The molecule has 1 aromatic carbocycles. The molecule has 0 aliphatic rings. The van der Waals surface area contributed by atoms with Crippen LogP contribution in [0.5, 0.6) is 0 Å². The highest BCUT2D eigenvalue weighted by Crippen LogP contribution is 2.36. The highest BCUT2D eigenvalue weighted by molar-refractivity contribution is 9.10. The lowest BCUT2D eigenvalue weighted by molar-refractivity contribution is 0.456. The van der Waals surface area contributed by atoms with Gasteiger partial charge in [0.2, 0.25) is 0 Å². The summed E-state index contributed by atoms with van der Waals surface area (Å²) in [4.78, 5) is 0. The molecule has 2 rings (SSSR count). The Hall–Kier alpha value is -0.800. The van der Waals surface area contributed by atoms with Gasteiger partial charge in [-0.25, -0.2) is 0 Å². The quantitative estimate of drug-likeness (QED) is 0.881. The molecule has 2 nitrogen and oxygen atoms in total. The molecule has 0 fully saturated rings. The number of halogens is 1. The zero-order valence-corrected chi connectivity index (χ0v) is 13.2. The van der Waals surface area contributed by atoms with Gasteiger partial charge in [0.15, 0.2) is 0 Å². The molecule has 3 heteroatoms. The molecule has 0 aliphatic carbocycles. The van der Waals surface area contributed by atoms with Crippen LogP contribution in [0.25, 0.3) is 11.0 Å². The second-order valence-electron chi connectivity index (χ2n) is 4.88. The van der Waals surface area contributed by atoms with E-state index in [4.69, 9.17) is 4.42 Å². The molecule has 1 aromatic heterocycles. The highest BCUT2D eigenvalue weighted by Gasteiger charge is 2.18. The van der Waals surface area contributed by atoms with Crippen LogP contribution in [0.4, 0.5) is 0 Å². The first kappa shape index (κ1) is 13.6. The van der Waals surface area contributed by atoms with Crippen LogP contribution in [-0.2, 0) is 0 Å². The third-order valence-electron chi connectivity index (χ3n) is 3.51. The normalized spacial score (nSPS) is 13.2. The van der Waals surface area contributed by atoms with Crippen molar-refractivity contribution in [2.45, 2.75) is 40.7 Å². The van der Waals surface area contributed by atoms with Gasteiger partial charge in [0.05, 0.1) is 6.04 Å². The summed E-state index contributed by atoms with van der Waals surface area (Å²) in [6.45, 7) is 11.6. The number of hydrogen-bond acceptors (Lipinski definition) is 2. The van der Waals surface area contributed by atoms with E-state index in [2.05, 4.69) is 61.9 Å². The molecule has 0 aliphatic heterocycles. The van der Waals surface area contributed by atoms with Crippen molar-refractivity contribution in [2.24, 2.45) is 0 Å². The lowest BCUT2D eigenvalue weighted by Gasteiger charge is -2.09. The molecule has 1 atom stereocenters. The van der Waals surface area contributed by atoms with Gasteiger partial charge in [0.25, 0.3) is 0 Å². The second-order valence-corrected chi connectivity index (χ2v) is 5.67. The van der Waals surface area contributed by atoms with Crippen LogP contribution in [0.3, 0.4) is 0 Å². The molecule has 0 saturated carbocycles. The Morgan fingerprint density at radius 2 is 1.94 bits per heavy atom. The van der Waals surface area contributed by atoms with E-state index in [9.17, 15) is 0 Å².